The van der Waals surface area contributed by atoms with Gasteiger partial charge in [-0.25, -0.2) is 15.3 Å². The number of aromatic nitrogens is 3. The summed E-state index contributed by atoms with van der Waals surface area (Å²) in [5, 5.41) is 11.9. The minimum Gasteiger partial charge on any atom is -0.355 e. The standard InChI is InChI=1S/C15H16N6O3/c1-10(7-11-5-3-2-4-6-11)8-17-19-12(22)9-16-13-14(23)18-15(24)21-20-13/h2-8H,9H2,1H3,(H,16,20)(H,19,22)(H2,18,21,23,24). The number of nitrogens with one attached hydrogen (secondary N) is 4. The maximum atomic E-state index is 11.6. The van der Waals surface area contributed by atoms with Crippen molar-refractivity contribution in [1.82, 2.24) is 20.6 Å². The number of hydrazone groups is 1. The Labute approximate surface area is 136 Å². The topological polar surface area (TPSA) is 132 Å². The van der Waals surface area contributed by atoms with Crippen molar-refractivity contribution in [3.05, 3.63) is 62.3 Å². The van der Waals surface area contributed by atoms with Gasteiger partial charge in [-0.15, -0.1) is 5.10 Å². The summed E-state index contributed by atoms with van der Waals surface area (Å²) >= 11 is 0. The number of amides is 1. The molecule has 0 saturated carbocycles. The molecule has 1 aromatic carbocycles. The van der Waals surface area contributed by atoms with Crippen molar-refractivity contribution in [1.29, 1.82) is 0 Å². The number of hydrogen-bond donors (Lipinski definition) is 4. The van der Waals surface area contributed by atoms with Gasteiger partial charge in [0.2, 0.25) is 5.82 Å². The minimum atomic E-state index is -0.722. The SMILES string of the molecule is CC(C=NNC(=O)CNc1n[nH]c(=O)[nH]c1=O)=Cc1ccccc1. The molecule has 0 aliphatic rings. The largest absolute Gasteiger partial charge is 0.355 e. The Bertz CT molecular complexity index is 867. The van der Waals surface area contributed by atoms with Crippen LogP contribution in [0.3, 0.4) is 0 Å². The highest BCUT2D eigenvalue weighted by Gasteiger charge is 2.04. The number of carbonyl (C=O) groups is 1. The zero-order valence-corrected chi connectivity index (χ0v) is 12.9. The number of allylic oxidation sites excluding steroid dienone is 1. The molecule has 0 atom stereocenters. The Morgan fingerprint density at radius 2 is 2.04 bits per heavy atom. The first-order chi connectivity index (χ1) is 11.5. The molecular weight excluding hydrogens is 312 g/mol. The number of anilines is 1. The third-order valence-corrected chi connectivity index (χ3v) is 2.78. The molecule has 2 aromatic rings. The summed E-state index contributed by atoms with van der Waals surface area (Å²) in [5.74, 6) is -0.625. The van der Waals surface area contributed by atoms with E-state index in [-0.39, 0.29) is 12.4 Å². The maximum Gasteiger partial charge on any atom is 0.342 e. The molecule has 0 aliphatic heterocycles. The lowest BCUT2D eigenvalue weighted by molar-refractivity contribution is -0.119. The van der Waals surface area contributed by atoms with Crippen LogP contribution in [0.15, 0.2) is 50.6 Å². The van der Waals surface area contributed by atoms with E-state index in [1.54, 1.807) is 0 Å². The predicted octanol–water partition coefficient (Wildman–Crippen LogP) is 0.0756. The molecule has 4 N–H and O–H groups in total. The molecule has 9 heteroatoms. The lowest BCUT2D eigenvalue weighted by Gasteiger charge is -2.02. The Hall–Kier alpha value is -3.49. The van der Waals surface area contributed by atoms with E-state index >= 15 is 0 Å². The Morgan fingerprint density at radius 1 is 1.29 bits per heavy atom. The molecule has 0 spiro atoms. The molecule has 1 aromatic heterocycles. The van der Waals surface area contributed by atoms with Crippen molar-refractivity contribution >= 4 is 24.0 Å². The maximum absolute atomic E-state index is 11.6. The van der Waals surface area contributed by atoms with Crippen LogP contribution in [0.2, 0.25) is 0 Å². The number of carbonyl (C=O) groups excluding carboxylic acids is 1. The highest BCUT2D eigenvalue weighted by Crippen LogP contribution is 2.04. The third kappa shape index (κ3) is 5.37. The van der Waals surface area contributed by atoms with Gasteiger partial charge in [-0.05, 0) is 18.1 Å². The third-order valence-electron chi connectivity index (χ3n) is 2.78. The summed E-state index contributed by atoms with van der Waals surface area (Å²) in [4.78, 5) is 35.8. The molecule has 24 heavy (non-hydrogen) atoms. The first kappa shape index (κ1) is 16.9. The second kappa shape index (κ2) is 8.22. The quantitative estimate of drug-likeness (QED) is 0.440. The van der Waals surface area contributed by atoms with Crippen LogP contribution in [-0.2, 0) is 4.79 Å². The van der Waals surface area contributed by atoms with Gasteiger partial charge in [0, 0.05) is 0 Å². The van der Waals surface area contributed by atoms with Crippen LogP contribution in [0.25, 0.3) is 6.08 Å². The molecule has 124 valence electrons. The zero-order valence-electron chi connectivity index (χ0n) is 12.9. The minimum absolute atomic E-state index is 0.158. The molecule has 2 rings (SSSR count). The van der Waals surface area contributed by atoms with Gasteiger partial charge in [0.05, 0.1) is 12.8 Å². The van der Waals surface area contributed by atoms with E-state index < -0.39 is 17.2 Å². The summed E-state index contributed by atoms with van der Waals surface area (Å²) in [7, 11) is 0. The van der Waals surface area contributed by atoms with Gasteiger partial charge >= 0.3 is 5.69 Å². The van der Waals surface area contributed by atoms with Crippen molar-refractivity contribution in [2.45, 2.75) is 6.92 Å². The van der Waals surface area contributed by atoms with E-state index in [1.807, 2.05) is 48.3 Å². The molecule has 0 aliphatic carbocycles. The predicted molar refractivity (Wildman–Crippen MR) is 90.7 cm³/mol. The van der Waals surface area contributed by atoms with Crippen molar-refractivity contribution in [2.75, 3.05) is 11.9 Å². The summed E-state index contributed by atoms with van der Waals surface area (Å²) in [5.41, 5.74) is 2.76. The summed E-state index contributed by atoms with van der Waals surface area (Å²) < 4.78 is 0. The molecule has 0 saturated heterocycles. The zero-order chi connectivity index (χ0) is 17.4. The fourth-order valence-corrected chi connectivity index (χ4v) is 1.73. The molecule has 9 nitrogen and oxygen atoms in total. The van der Waals surface area contributed by atoms with Gasteiger partial charge in [0.1, 0.15) is 0 Å². The second-order valence-electron chi connectivity index (χ2n) is 4.80. The highest BCUT2D eigenvalue weighted by atomic mass is 16.2. The second-order valence-corrected chi connectivity index (χ2v) is 4.80. The number of nitrogens with zero attached hydrogens (tertiary/aromatic N) is 2. The summed E-state index contributed by atoms with van der Waals surface area (Å²) in [6.45, 7) is 1.63. The average molecular weight is 328 g/mol. The number of hydrogen-bond acceptors (Lipinski definition) is 6. The van der Waals surface area contributed by atoms with Crippen LogP contribution in [0.5, 0.6) is 0 Å². The van der Waals surface area contributed by atoms with E-state index in [2.05, 4.69) is 26.0 Å². The van der Waals surface area contributed by atoms with Crippen molar-refractivity contribution in [2.24, 2.45) is 5.10 Å². The van der Waals surface area contributed by atoms with Gasteiger partial charge in [-0.3, -0.25) is 14.6 Å². The number of aromatic amines is 2. The van der Waals surface area contributed by atoms with Gasteiger partial charge in [-0.2, -0.15) is 5.10 Å². The van der Waals surface area contributed by atoms with Crippen molar-refractivity contribution in [3.8, 4) is 0 Å². The average Bonchev–Trinajstić information content (AvgIpc) is 2.55. The fraction of sp³-hybridized carbons (Fsp3) is 0.133. The molecule has 1 heterocycles. The molecule has 0 radical (unpaired) electrons. The summed E-state index contributed by atoms with van der Waals surface area (Å²) in [6.07, 6.45) is 3.42. The Kier molecular flexibility index (Phi) is 5.78. The van der Waals surface area contributed by atoms with Gasteiger partial charge in [-0.1, -0.05) is 36.4 Å². The fourth-order valence-electron chi connectivity index (χ4n) is 1.73. The molecule has 1 amide bonds. The molecule has 0 bridgehead atoms. The lowest BCUT2D eigenvalue weighted by atomic mass is 10.1. The van der Waals surface area contributed by atoms with E-state index in [1.165, 1.54) is 6.21 Å². The van der Waals surface area contributed by atoms with E-state index in [0.717, 1.165) is 11.1 Å². The molecular formula is C15H16N6O3. The Balaban J connectivity index is 1.83. The molecule has 0 unspecified atom stereocenters. The monoisotopic (exact) mass is 328 g/mol. The van der Waals surface area contributed by atoms with E-state index in [9.17, 15) is 14.4 Å². The van der Waals surface area contributed by atoms with E-state index in [0.29, 0.717) is 0 Å². The number of rotatable bonds is 6. The van der Waals surface area contributed by atoms with Crippen LogP contribution in [-0.4, -0.2) is 33.8 Å². The van der Waals surface area contributed by atoms with Crippen LogP contribution in [0.4, 0.5) is 5.82 Å². The Morgan fingerprint density at radius 3 is 2.75 bits per heavy atom. The normalized spacial score (nSPS) is 11.5. The van der Waals surface area contributed by atoms with Crippen LogP contribution in [0.1, 0.15) is 12.5 Å². The number of H-pyrrole nitrogens is 2. The van der Waals surface area contributed by atoms with E-state index in [4.69, 9.17) is 0 Å². The van der Waals surface area contributed by atoms with Crippen molar-refractivity contribution in [3.63, 3.8) is 0 Å². The first-order valence-electron chi connectivity index (χ1n) is 7.03. The first-order valence-corrected chi connectivity index (χ1v) is 7.03. The molecule has 0 fully saturated rings. The van der Waals surface area contributed by atoms with Gasteiger partial charge in [0.25, 0.3) is 11.5 Å². The van der Waals surface area contributed by atoms with Crippen LogP contribution < -0.4 is 22.0 Å². The van der Waals surface area contributed by atoms with Gasteiger partial charge in [0.15, 0.2) is 0 Å². The van der Waals surface area contributed by atoms with Gasteiger partial charge < -0.3 is 5.32 Å². The summed E-state index contributed by atoms with van der Waals surface area (Å²) in [6, 6.07) is 9.69. The van der Waals surface area contributed by atoms with Crippen LogP contribution >= 0.6 is 0 Å². The highest BCUT2D eigenvalue weighted by molar-refractivity contribution is 5.86. The smallest absolute Gasteiger partial charge is 0.342 e. The number of benzene rings is 1. The van der Waals surface area contributed by atoms with Crippen LogP contribution in [0, 0.1) is 0 Å². The lowest BCUT2D eigenvalue weighted by Crippen LogP contribution is -2.31. The van der Waals surface area contributed by atoms with Crippen molar-refractivity contribution < 1.29 is 4.79 Å².